The van der Waals surface area contributed by atoms with Crippen molar-refractivity contribution in [1.82, 2.24) is 0 Å². The summed E-state index contributed by atoms with van der Waals surface area (Å²) in [6.07, 6.45) is 0.291. The second-order valence-corrected chi connectivity index (χ2v) is 9.11. The molecule has 0 spiro atoms. The van der Waals surface area contributed by atoms with Crippen LogP contribution in [0.5, 0.6) is 0 Å². The summed E-state index contributed by atoms with van der Waals surface area (Å²) in [6.45, 7) is 4.77. The Bertz CT molecular complexity index is 1370. The van der Waals surface area contributed by atoms with Gasteiger partial charge in [-0.15, -0.1) is 0 Å². The van der Waals surface area contributed by atoms with Crippen molar-refractivity contribution in [3.05, 3.63) is 63.4 Å². The van der Waals surface area contributed by atoms with E-state index in [0.717, 1.165) is 6.07 Å². The van der Waals surface area contributed by atoms with Crippen LogP contribution in [0.4, 0.5) is 11.4 Å². The summed E-state index contributed by atoms with van der Waals surface area (Å²) in [5, 5.41) is 11.6. The number of anilines is 1. The molecule has 3 aromatic rings. The number of fused-ring (bicyclic) bond motifs is 1. The molecule has 0 radical (unpaired) electrons. The van der Waals surface area contributed by atoms with Gasteiger partial charge in [-0.05, 0) is 44.5 Å². The molecule has 0 fully saturated rings. The van der Waals surface area contributed by atoms with Crippen LogP contribution in [0, 0.1) is 24.0 Å². The molecule has 0 atom stereocenters. The maximum atomic E-state index is 13.5. The molecule has 33 heavy (non-hydrogen) atoms. The molecule has 11 heteroatoms. The number of methoxy groups -OCH3 is 1. The molecule has 0 aliphatic rings. The first-order chi connectivity index (χ1) is 15.5. The minimum Gasteiger partial charge on any atom is -0.465 e. The second kappa shape index (κ2) is 9.02. The average molecular weight is 474 g/mol. The monoisotopic (exact) mass is 474 g/mol. The van der Waals surface area contributed by atoms with E-state index in [1.807, 2.05) is 0 Å². The number of rotatable bonds is 7. The van der Waals surface area contributed by atoms with Crippen LogP contribution in [-0.4, -0.2) is 32.3 Å². The van der Waals surface area contributed by atoms with Crippen molar-refractivity contribution in [2.45, 2.75) is 38.5 Å². The molecule has 0 saturated heterocycles. The van der Waals surface area contributed by atoms with E-state index in [0.29, 0.717) is 16.3 Å². The first-order valence-electron chi connectivity index (χ1n) is 9.97. The van der Waals surface area contributed by atoms with E-state index < -0.39 is 31.7 Å². The van der Waals surface area contributed by atoms with Crippen molar-refractivity contribution in [1.29, 1.82) is 0 Å². The molecule has 10 nitrogen and oxygen atoms in total. The van der Waals surface area contributed by atoms with E-state index in [1.54, 1.807) is 13.8 Å². The summed E-state index contributed by atoms with van der Waals surface area (Å²) in [5.74, 6) is -1.12. The molecule has 0 aliphatic carbocycles. The van der Waals surface area contributed by atoms with Gasteiger partial charge in [-0.25, -0.2) is 17.5 Å². The van der Waals surface area contributed by atoms with Gasteiger partial charge in [0.05, 0.1) is 22.6 Å². The molecule has 2 aromatic carbocycles. The van der Waals surface area contributed by atoms with E-state index in [9.17, 15) is 28.1 Å². The molecule has 1 amide bonds. The fourth-order valence-electron chi connectivity index (χ4n) is 3.47. The largest absolute Gasteiger partial charge is 0.465 e. The average Bonchev–Trinajstić information content (AvgIpc) is 3.08. The molecular weight excluding hydrogens is 452 g/mol. The van der Waals surface area contributed by atoms with E-state index in [2.05, 4.69) is 0 Å². The van der Waals surface area contributed by atoms with Crippen LogP contribution in [0.3, 0.4) is 0 Å². The standard InChI is InChI=1S/C22H22N2O8S/c1-5-6-20(25)23(33(29,30)16-9-7-13(2)18(12-16)24(27)28)15-8-10-19-17(11-15)21(14(3)32-19)22(26)31-4/h7-12H,5-6H2,1-4H3. The Balaban J connectivity index is 2.25. The number of nitrogens with zero attached hydrogens (tertiary/aromatic N) is 2. The Labute approximate surface area is 189 Å². The first kappa shape index (κ1) is 23.9. The maximum Gasteiger partial charge on any atom is 0.342 e. The number of amides is 1. The van der Waals surface area contributed by atoms with E-state index in [4.69, 9.17) is 9.15 Å². The molecule has 0 saturated carbocycles. The molecule has 0 bridgehead atoms. The van der Waals surface area contributed by atoms with Crippen molar-refractivity contribution in [2.75, 3.05) is 11.4 Å². The normalized spacial score (nSPS) is 11.4. The Kier molecular flexibility index (Phi) is 6.54. The lowest BCUT2D eigenvalue weighted by Crippen LogP contribution is -2.36. The molecule has 1 heterocycles. The molecule has 0 N–H and O–H groups in total. The highest BCUT2D eigenvalue weighted by Gasteiger charge is 2.33. The van der Waals surface area contributed by atoms with Gasteiger partial charge in [-0.2, -0.15) is 0 Å². The van der Waals surface area contributed by atoms with Crippen LogP contribution in [0.2, 0.25) is 0 Å². The Morgan fingerprint density at radius 1 is 1.15 bits per heavy atom. The number of benzene rings is 2. The zero-order valence-electron chi connectivity index (χ0n) is 18.4. The number of furan rings is 1. The molecule has 1 aromatic heterocycles. The minimum absolute atomic E-state index is 0.0323. The number of esters is 1. The minimum atomic E-state index is -4.52. The Morgan fingerprint density at radius 3 is 2.45 bits per heavy atom. The van der Waals surface area contributed by atoms with E-state index in [-0.39, 0.29) is 40.1 Å². The predicted octanol–water partition coefficient (Wildman–Crippen LogP) is 4.27. The van der Waals surface area contributed by atoms with Gasteiger partial charge >= 0.3 is 5.97 Å². The highest BCUT2D eigenvalue weighted by atomic mass is 32.2. The van der Waals surface area contributed by atoms with Gasteiger partial charge in [0, 0.05) is 23.4 Å². The third-order valence-electron chi connectivity index (χ3n) is 5.08. The number of nitro benzene ring substituents is 1. The smallest absolute Gasteiger partial charge is 0.342 e. The SMILES string of the molecule is CCCC(=O)N(c1ccc2oc(C)c(C(=O)OC)c2c1)S(=O)(=O)c1ccc(C)c([N+](=O)[O-])c1. The van der Waals surface area contributed by atoms with E-state index in [1.165, 1.54) is 44.4 Å². The number of ether oxygens (including phenoxy) is 1. The summed E-state index contributed by atoms with van der Waals surface area (Å²) >= 11 is 0. The molecular formula is C22H22N2O8S. The van der Waals surface area contributed by atoms with Crippen LogP contribution in [0.1, 0.15) is 41.4 Å². The van der Waals surface area contributed by atoms with Gasteiger partial charge in [0.15, 0.2) is 0 Å². The molecule has 3 rings (SSSR count). The number of hydrogen-bond donors (Lipinski definition) is 0. The summed E-state index contributed by atoms with van der Waals surface area (Å²) in [5.41, 5.74) is 0.287. The van der Waals surface area contributed by atoms with Crippen LogP contribution in [-0.2, 0) is 19.6 Å². The summed E-state index contributed by atoms with van der Waals surface area (Å²) in [6, 6.07) is 7.63. The Hall–Kier alpha value is -3.73. The van der Waals surface area contributed by atoms with E-state index >= 15 is 0 Å². The summed E-state index contributed by atoms with van der Waals surface area (Å²) in [7, 11) is -3.31. The van der Waals surface area contributed by atoms with Crippen LogP contribution >= 0.6 is 0 Å². The molecule has 0 aliphatic heterocycles. The van der Waals surface area contributed by atoms with Crippen molar-refractivity contribution < 1.29 is 32.1 Å². The Morgan fingerprint density at radius 2 is 1.85 bits per heavy atom. The van der Waals surface area contributed by atoms with Crippen molar-refractivity contribution >= 4 is 44.2 Å². The third-order valence-corrected chi connectivity index (χ3v) is 6.82. The van der Waals surface area contributed by atoms with Crippen molar-refractivity contribution in [3.63, 3.8) is 0 Å². The van der Waals surface area contributed by atoms with Gasteiger partial charge in [0.2, 0.25) is 5.91 Å². The van der Waals surface area contributed by atoms with Crippen molar-refractivity contribution in [2.24, 2.45) is 0 Å². The molecule has 174 valence electrons. The number of carbonyl (C=O) groups excluding carboxylic acids is 2. The molecule has 0 unspecified atom stereocenters. The van der Waals surface area contributed by atoms with Crippen LogP contribution in [0.25, 0.3) is 11.0 Å². The van der Waals surface area contributed by atoms with Gasteiger partial charge in [0.25, 0.3) is 15.7 Å². The highest BCUT2D eigenvalue weighted by Crippen LogP contribution is 2.34. The second-order valence-electron chi connectivity index (χ2n) is 7.32. The van der Waals surface area contributed by atoms with Crippen LogP contribution < -0.4 is 4.31 Å². The zero-order valence-corrected chi connectivity index (χ0v) is 19.3. The summed E-state index contributed by atoms with van der Waals surface area (Å²) < 4.78 is 38.0. The third kappa shape index (κ3) is 4.31. The lowest BCUT2D eigenvalue weighted by Gasteiger charge is -2.23. The number of aryl methyl sites for hydroxylation is 2. The summed E-state index contributed by atoms with van der Waals surface area (Å²) in [4.78, 5) is 35.4. The topological polar surface area (TPSA) is 137 Å². The highest BCUT2D eigenvalue weighted by molar-refractivity contribution is 7.93. The fraction of sp³-hybridized carbons (Fsp3) is 0.273. The lowest BCUT2D eigenvalue weighted by atomic mass is 10.1. The van der Waals surface area contributed by atoms with Gasteiger partial charge in [-0.3, -0.25) is 14.9 Å². The zero-order chi connectivity index (χ0) is 24.5. The quantitative estimate of drug-likeness (QED) is 0.281. The number of carbonyl (C=O) groups is 2. The fourth-order valence-corrected chi connectivity index (χ4v) is 4.94. The number of hydrogen-bond acceptors (Lipinski definition) is 8. The lowest BCUT2D eigenvalue weighted by molar-refractivity contribution is -0.385. The van der Waals surface area contributed by atoms with Crippen molar-refractivity contribution in [3.8, 4) is 0 Å². The number of nitro groups is 1. The number of sulfonamides is 1. The van der Waals surface area contributed by atoms with Gasteiger partial charge in [-0.1, -0.05) is 13.0 Å². The first-order valence-corrected chi connectivity index (χ1v) is 11.4. The van der Waals surface area contributed by atoms with Gasteiger partial charge in [0.1, 0.15) is 16.9 Å². The van der Waals surface area contributed by atoms with Crippen LogP contribution in [0.15, 0.2) is 45.7 Å². The predicted molar refractivity (Wildman–Crippen MR) is 120 cm³/mol. The maximum absolute atomic E-state index is 13.5. The van der Waals surface area contributed by atoms with Gasteiger partial charge < -0.3 is 9.15 Å².